The van der Waals surface area contributed by atoms with Crippen molar-refractivity contribution < 1.29 is 4.79 Å². The van der Waals surface area contributed by atoms with Crippen molar-refractivity contribution in [3.63, 3.8) is 0 Å². The van der Waals surface area contributed by atoms with Gasteiger partial charge in [0.1, 0.15) is 0 Å². The summed E-state index contributed by atoms with van der Waals surface area (Å²) in [5.74, 6) is 0.330. The van der Waals surface area contributed by atoms with E-state index in [1.165, 1.54) is 6.07 Å². The summed E-state index contributed by atoms with van der Waals surface area (Å²) in [5.41, 5.74) is 3.28. The molecule has 0 bridgehead atoms. The molecule has 140 valence electrons. The van der Waals surface area contributed by atoms with Gasteiger partial charge >= 0.3 is 0 Å². The average Bonchev–Trinajstić information content (AvgIpc) is 2.63. The predicted octanol–water partition coefficient (Wildman–Crippen LogP) is 4.13. The molecule has 0 saturated heterocycles. The summed E-state index contributed by atoms with van der Waals surface area (Å²) >= 11 is 0. The van der Waals surface area contributed by atoms with Gasteiger partial charge in [-0.2, -0.15) is 0 Å². The van der Waals surface area contributed by atoms with Gasteiger partial charge in [0.2, 0.25) is 0 Å². The van der Waals surface area contributed by atoms with Crippen LogP contribution in [0.1, 0.15) is 41.8 Å². The number of rotatable bonds is 6. The Morgan fingerprint density at radius 2 is 1.85 bits per heavy atom. The number of benzene rings is 2. The topological polar surface area (TPSA) is 51.1 Å². The zero-order valence-corrected chi connectivity index (χ0v) is 16.2. The molecule has 1 aromatic heterocycles. The fraction of sp³-hybridized carbons (Fsp3) is 0.304. The van der Waals surface area contributed by atoms with E-state index in [-0.39, 0.29) is 11.5 Å². The highest BCUT2D eigenvalue weighted by molar-refractivity contribution is 6.06. The zero-order chi connectivity index (χ0) is 19.4. The van der Waals surface area contributed by atoms with Crippen molar-refractivity contribution in [2.45, 2.75) is 33.7 Å². The van der Waals surface area contributed by atoms with Crippen LogP contribution in [0.3, 0.4) is 0 Å². The van der Waals surface area contributed by atoms with E-state index >= 15 is 0 Å². The summed E-state index contributed by atoms with van der Waals surface area (Å²) in [5, 5.41) is 3.74. The van der Waals surface area contributed by atoms with Crippen LogP contribution in [-0.2, 0) is 6.54 Å². The molecule has 27 heavy (non-hydrogen) atoms. The lowest BCUT2D eigenvalue weighted by molar-refractivity contribution is 0.0953. The molecule has 4 heteroatoms. The largest absolute Gasteiger partial charge is 0.352 e. The third-order valence-corrected chi connectivity index (χ3v) is 4.69. The lowest BCUT2D eigenvalue weighted by atomic mass is 10.1. The van der Waals surface area contributed by atoms with Crippen LogP contribution in [0.15, 0.2) is 59.4 Å². The monoisotopic (exact) mass is 362 g/mol. The summed E-state index contributed by atoms with van der Waals surface area (Å²) in [6, 6.07) is 17.2. The normalized spacial score (nSPS) is 11.1. The van der Waals surface area contributed by atoms with Crippen molar-refractivity contribution in [1.29, 1.82) is 0 Å². The van der Waals surface area contributed by atoms with Crippen LogP contribution in [-0.4, -0.2) is 17.0 Å². The van der Waals surface area contributed by atoms with Crippen molar-refractivity contribution in [2.24, 2.45) is 5.92 Å². The second kappa shape index (κ2) is 8.21. The van der Waals surface area contributed by atoms with E-state index in [1.54, 1.807) is 4.57 Å². The first-order valence-corrected chi connectivity index (χ1v) is 9.42. The average molecular weight is 362 g/mol. The Labute approximate surface area is 159 Å². The molecule has 0 aliphatic heterocycles. The maximum atomic E-state index is 12.8. The van der Waals surface area contributed by atoms with Gasteiger partial charge in [0.05, 0.1) is 17.6 Å². The molecule has 0 radical (unpaired) electrons. The fourth-order valence-corrected chi connectivity index (χ4v) is 3.25. The Bertz CT molecular complexity index is 1020. The molecule has 0 fully saturated rings. The third kappa shape index (κ3) is 4.45. The van der Waals surface area contributed by atoms with E-state index in [2.05, 4.69) is 25.2 Å². The number of aromatic nitrogens is 1. The number of para-hydroxylation sites is 1. The van der Waals surface area contributed by atoms with Crippen LogP contribution in [0, 0.1) is 12.8 Å². The zero-order valence-electron chi connectivity index (χ0n) is 16.2. The van der Waals surface area contributed by atoms with Crippen LogP contribution in [0.4, 0.5) is 0 Å². The predicted molar refractivity (Wildman–Crippen MR) is 110 cm³/mol. The number of nitrogens with zero attached hydrogens (tertiary/aromatic N) is 1. The Morgan fingerprint density at radius 3 is 2.59 bits per heavy atom. The van der Waals surface area contributed by atoms with Crippen LogP contribution < -0.4 is 10.9 Å². The maximum absolute atomic E-state index is 12.8. The van der Waals surface area contributed by atoms with Crippen LogP contribution >= 0.6 is 0 Å². The van der Waals surface area contributed by atoms with Gasteiger partial charge in [-0.3, -0.25) is 9.59 Å². The number of hydrogen-bond donors (Lipinski definition) is 1. The molecule has 3 aromatic rings. The van der Waals surface area contributed by atoms with Crippen molar-refractivity contribution in [3.8, 4) is 0 Å². The van der Waals surface area contributed by atoms with E-state index in [1.807, 2.05) is 49.4 Å². The first-order chi connectivity index (χ1) is 13.0. The number of carbonyl (C=O) groups is 1. The van der Waals surface area contributed by atoms with Gasteiger partial charge in [0.15, 0.2) is 0 Å². The van der Waals surface area contributed by atoms with Gasteiger partial charge in [-0.15, -0.1) is 0 Å². The molecule has 3 rings (SSSR count). The summed E-state index contributed by atoms with van der Waals surface area (Å²) < 4.78 is 1.73. The number of nitrogens with one attached hydrogen (secondary N) is 1. The number of hydrogen-bond acceptors (Lipinski definition) is 2. The van der Waals surface area contributed by atoms with Crippen LogP contribution in [0.5, 0.6) is 0 Å². The van der Waals surface area contributed by atoms with E-state index in [9.17, 15) is 9.59 Å². The maximum Gasteiger partial charge on any atom is 0.252 e. The molecule has 1 amide bonds. The Hall–Kier alpha value is -2.88. The van der Waals surface area contributed by atoms with E-state index in [0.29, 0.717) is 24.6 Å². The minimum atomic E-state index is -0.188. The summed E-state index contributed by atoms with van der Waals surface area (Å²) in [6.07, 6.45) is 0.911. The van der Waals surface area contributed by atoms with Gasteiger partial charge < -0.3 is 9.88 Å². The van der Waals surface area contributed by atoms with Gasteiger partial charge in [0.25, 0.3) is 11.5 Å². The fourth-order valence-electron chi connectivity index (χ4n) is 3.25. The molecule has 0 spiro atoms. The highest BCUT2D eigenvalue weighted by atomic mass is 16.2. The Balaban J connectivity index is 1.99. The summed E-state index contributed by atoms with van der Waals surface area (Å²) in [4.78, 5) is 25.5. The second-order valence-corrected chi connectivity index (χ2v) is 7.43. The van der Waals surface area contributed by atoms with Gasteiger partial charge in [-0.25, -0.2) is 0 Å². The van der Waals surface area contributed by atoms with Gasteiger partial charge in [0, 0.05) is 18.0 Å². The highest BCUT2D eigenvalue weighted by Crippen LogP contribution is 2.18. The minimum absolute atomic E-state index is 0.163. The quantitative estimate of drug-likeness (QED) is 0.717. The smallest absolute Gasteiger partial charge is 0.252 e. The number of amides is 1. The molecule has 1 heterocycles. The highest BCUT2D eigenvalue weighted by Gasteiger charge is 2.14. The molecule has 1 N–H and O–H groups in total. The number of aryl methyl sites for hydroxylation is 1. The molecule has 0 aliphatic rings. The lowest BCUT2D eigenvalue weighted by Gasteiger charge is -2.14. The van der Waals surface area contributed by atoms with Gasteiger partial charge in [-0.1, -0.05) is 61.9 Å². The molecule has 0 atom stereocenters. The Kier molecular flexibility index (Phi) is 5.75. The van der Waals surface area contributed by atoms with Crippen molar-refractivity contribution >= 4 is 16.8 Å². The van der Waals surface area contributed by atoms with E-state index in [4.69, 9.17) is 0 Å². The van der Waals surface area contributed by atoms with E-state index in [0.717, 1.165) is 28.5 Å². The second-order valence-electron chi connectivity index (χ2n) is 7.43. The molecular weight excluding hydrogens is 336 g/mol. The molecule has 2 aromatic carbocycles. The van der Waals surface area contributed by atoms with Crippen molar-refractivity contribution in [3.05, 3.63) is 81.6 Å². The SMILES string of the molecule is Cc1cccc(Cn2c(=O)cc(C(=O)NCCC(C)C)c3ccccc32)c1. The number of fused-ring (bicyclic) bond motifs is 1. The molecule has 0 unspecified atom stereocenters. The summed E-state index contributed by atoms with van der Waals surface area (Å²) in [7, 11) is 0. The Morgan fingerprint density at radius 1 is 1.07 bits per heavy atom. The van der Waals surface area contributed by atoms with Crippen molar-refractivity contribution in [2.75, 3.05) is 6.54 Å². The van der Waals surface area contributed by atoms with Crippen molar-refractivity contribution in [1.82, 2.24) is 9.88 Å². The van der Waals surface area contributed by atoms with E-state index < -0.39 is 0 Å². The molecule has 4 nitrogen and oxygen atoms in total. The first-order valence-electron chi connectivity index (χ1n) is 9.42. The molecule has 0 aliphatic carbocycles. The number of pyridine rings is 1. The molecule has 0 saturated carbocycles. The third-order valence-electron chi connectivity index (χ3n) is 4.69. The summed E-state index contributed by atoms with van der Waals surface area (Å²) in [6.45, 7) is 7.37. The minimum Gasteiger partial charge on any atom is -0.352 e. The van der Waals surface area contributed by atoms with Crippen LogP contribution in [0.2, 0.25) is 0 Å². The lowest BCUT2D eigenvalue weighted by Crippen LogP contribution is -2.29. The molecular formula is C23H26N2O2. The first kappa shape index (κ1) is 18.9. The van der Waals surface area contributed by atoms with Gasteiger partial charge in [-0.05, 0) is 30.9 Å². The standard InChI is InChI=1S/C23H26N2O2/c1-16(2)11-12-24-23(27)20-14-22(26)25(21-10-5-4-9-19(20)21)15-18-8-6-7-17(3)13-18/h4-10,13-14,16H,11-12,15H2,1-3H3,(H,24,27). The number of carbonyl (C=O) groups excluding carboxylic acids is 1. The van der Waals surface area contributed by atoms with Crippen LogP contribution in [0.25, 0.3) is 10.9 Å².